The quantitative estimate of drug-likeness (QED) is 0.719. The molecule has 1 aromatic heterocycles. The third kappa shape index (κ3) is 3.74. The van der Waals surface area contributed by atoms with Crippen LogP contribution in [0.5, 0.6) is 0 Å². The number of tetrazole rings is 1. The molecule has 0 aliphatic heterocycles. The van der Waals surface area contributed by atoms with Gasteiger partial charge in [-0.1, -0.05) is 30.0 Å². The van der Waals surface area contributed by atoms with Gasteiger partial charge in [0.05, 0.1) is 11.4 Å². The van der Waals surface area contributed by atoms with Crippen molar-refractivity contribution in [2.75, 3.05) is 11.1 Å². The van der Waals surface area contributed by atoms with Crippen LogP contribution in [-0.4, -0.2) is 31.9 Å². The van der Waals surface area contributed by atoms with Crippen molar-refractivity contribution in [3.05, 3.63) is 60.2 Å². The molecule has 3 rings (SSSR count). The number of benzene rings is 2. The summed E-state index contributed by atoms with van der Waals surface area (Å²) in [5.74, 6) is -2.35. The van der Waals surface area contributed by atoms with Crippen LogP contribution >= 0.6 is 11.8 Å². The lowest BCUT2D eigenvalue weighted by Gasteiger charge is -2.06. The number of hydrogen-bond acceptors (Lipinski definition) is 5. The zero-order chi connectivity index (χ0) is 16.9. The van der Waals surface area contributed by atoms with Crippen LogP contribution in [0.2, 0.25) is 0 Å². The molecule has 0 fully saturated rings. The van der Waals surface area contributed by atoms with E-state index >= 15 is 0 Å². The number of amides is 1. The van der Waals surface area contributed by atoms with Gasteiger partial charge in [-0.3, -0.25) is 4.79 Å². The number of halogens is 2. The van der Waals surface area contributed by atoms with Gasteiger partial charge in [-0.05, 0) is 34.7 Å². The van der Waals surface area contributed by atoms with Crippen LogP contribution in [0.25, 0.3) is 5.69 Å². The third-order valence-corrected chi connectivity index (χ3v) is 3.90. The Morgan fingerprint density at radius 2 is 1.92 bits per heavy atom. The molecule has 3 aromatic rings. The summed E-state index contributed by atoms with van der Waals surface area (Å²) in [6.45, 7) is 0. The minimum atomic E-state index is -1.02. The van der Waals surface area contributed by atoms with Gasteiger partial charge in [0.1, 0.15) is 0 Å². The topological polar surface area (TPSA) is 72.7 Å². The van der Waals surface area contributed by atoms with Gasteiger partial charge in [0, 0.05) is 11.8 Å². The molecule has 9 heteroatoms. The average Bonchev–Trinajstić information content (AvgIpc) is 3.06. The number of anilines is 1. The molecule has 0 unspecified atom stereocenters. The van der Waals surface area contributed by atoms with E-state index in [4.69, 9.17) is 0 Å². The van der Waals surface area contributed by atoms with Crippen molar-refractivity contribution in [3.8, 4) is 5.69 Å². The van der Waals surface area contributed by atoms with Crippen LogP contribution < -0.4 is 5.32 Å². The highest BCUT2D eigenvalue weighted by atomic mass is 32.2. The van der Waals surface area contributed by atoms with Gasteiger partial charge in [0.25, 0.3) is 0 Å². The number of carbonyl (C=O) groups is 1. The molecule has 0 saturated heterocycles. The first-order chi connectivity index (χ1) is 11.6. The van der Waals surface area contributed by atoms with E-state index in [0.29, 0.717) is 5.16 Å². The van der Waals surface area contributed by atoms with Crippen molar-refractivity contribution in [2.24, 2.45) is 0 Å². The third-order valence-electron chi connectivity index (χ3n) is 2.98. The minimum absolute atomic E-state index is 0.0200. The van der Waals surface area contributed by atoms with E-state index < -0.39 is 11.6 Å². The fourth-order valence-corrected chi connectivity index (χ4v) is 2.59. The second-order valence-corrected chi connectivity index (χ2v) is 5.62. The van der Waals surface area contributed by atoms with E-state index in [-0.39, 0.29) is 17.3 Å². The zero-order valence-corrected chi connectivity index (χ0v) is 13.0. The van der Waals surface area contributed by atoms with Gasteiger partial charge in [-0.2, -0.15) is 4.68 Å². The SMILES string of the molecule is O=C(CSc1nnnn1-c1ccccc1)Nc1ccc(F)c(F)c1. The Morgan fingerprint density at radius 1 is 1.12 bits per heavy atom. The minimum Gasteiger partial charge on any atom is -0.325 e. The van der Waals surface area contributed by atoms with E-state index in [1.165, 1.54) is 10.7 Å². The molecule has 0 spiro atoms. The largest absolute Gasteiger partial charge is 0.325 e. The summed E-state index contributed by atoms with van der Waals surface area (Å²) in [5, 5.41) is 14.3. The molecule has 1 amide bonds. The number of nitrogens with one attached hydrogen (secondary N) is 1. The highest BCUT2D eigenvalue weighted by Crippen LogP contribution is 2.19. The highest BCUT2D eigenvalue weighted by Gasteiger charge is 2.12. The van der Waals surface area contributed by atoms with Crippen LogP contribution in [0.4, 0.5) is 14.5 Å². The predicted molar refractivity (Wildman–Crippen MR) is 84.9 cm³/mol. The summed E-state index contributed by atoms with van der Waals surface area (Å²) in [6.07, 6.45) is 0. The van der Waals surface area contributed by atoms with Gasteiger partial charge in [-0.15, -0.1) is 5.10 Å². The number of nitrogens with zero attached hydrogens (tertiary/aromatic N) is 4. The van der Waals surface area contributed by atoms with Gasteiger partial charge in [-0.25, -0.2) is 8.78 Å². The Balaban J connectivity index is 1.63. The molecule has 2 aromatic carbocycles. The summed E-state index contributed by atoms with van der Waals surface area (Å²) >= 11 is 1.13. The van der Waals surface area contributed by atoms with E-state index in [1.54, 1.807) is 0 Å². The van der Waals surface area contributed by atoms with Crippen molar-refractivity contribution in [1.29, 1.82) is 0 Å². The molecule has 0 bridgehead atoms. The summed E-state index contributed by atoms with van der Waals surface area (Å²) in [7, 11) is 0. The summed E-state index contributed by atoms with van der Waals surface area (Å²) in [5.41, 5.74) is 0.952. The molecule has 0 atom stereocenters. The number of para-hydroxylation sites is 1. The lowest BCUT2D eigenvalue weighted by Crippen LogP contribution is -2.15. The predicted octanol–water partition coefficient (Wildman–Crippen LogP) is 2.67. The monoisotopic (exact) mass is 347 g/mol. The van der Waals surface area contributed by atoms with Gasteiger partial charge < -0.3 is 5.32 Å². The molecule has 0 saturated carbocycles. The molecule has 0 aliphatic rings. The summed E-state index contributed by atoms with van der Waals surface area (Å²) in [4.78, 5) is 11.9. The number of hydrogen-bond donors (Lipinski definition) is 1. The molecular weight excluding hydrogens is 336 g/mol. The van der Waals surface area contributed by atoms with E-state index in [1.807, 2.05) is 30.3 Å². The number of thioether (sulfide) groups is 1. The Hall–Kier alpha value is -2.81. The molecule has 0 aliphatic carbocycles. The smallest absolute Gasteiger partial charge is 0.234 e. The standard InChI is InChI=1S/C15H11F2N5OS/c16-12-7-6-10(8-13(12)17)18-14(23)9-24-15-19-20-21-22(15)11-4-2-1-3-5-11/h1-8H,9H2,(H,18,23). The van der Waals surface area contributed by atoms with Gasteiger partial charge in [0.15, 0.2) is 11.6 Å². The zero-order valence-electron chi connectivity index (χ0n) is 12.2. The fourth-order valence-electron chi connectivity index (χ4n) is 1.90. The first-order valence-corrected chi connectivity index (χ1v) is 7.83. The lowest BCUT2D eigenvalue weighted by molar-refractivity contribution is -0.113. The Labute approximate surface area is 139 Å². The van der Waals surface area contributed by atoms with Crippen molar-refractivity contribution in [1.82, 2.24) is 20.2 Å². The number of rotatable bonds is 5. The molecule has 1 N–H and O–H groups in total. The average molecular weight is 347 g/mol. The van der Waals surface area contributed by atoms with Gasteiger partial charge >= 0.3 is 0 Å². The lowest BCUT2D eigenvalue weighted by atomic mass is 10.3. The van der Waals surface area contributed by atoms with Crippen LogP contribution in [0, 0.1) is 11.6 Å². The second kappa shape index (κ2) is 7.18. The van der Waals surface area contributed by atoms with Crippen LogP contribution in [0.3, 0.4) is 0 Å². The fraction of sp³-hybridized carbons (Fsp3) is 0.0667. The molecule has 6 nitrogen and oxygen atoms in total. The van der Waals surface area contributed by atoms with Crippen molar-refractivity contribution < 1.29 is 13.6 Å². The van der Waals surface area contributed by atoms with E-state index in [2.05, 4.69) is 20.8 Å². The molecule has 1 heterocycles. The number of aromatic nitrogens is 4. The molecule has 24 heavy (non-hydrogen) atoms. The van der Waals surface area contributed by atoms with Crippen LogP contribution in [0.15, 0.2) is 53.7 Å². The molecule has 122 valence electrons. The van der Waals surface area contributed by atoms with Crippen molar-refractivity contribution >= 4 is 23.4 Å². The van der Waals surface area contributed by atoms with E-state index in [0.717, 1.165) is 29.6 Å². The first-order valence-electron chi connectivity index (χ1n) is 6.85. The maximum atomic E-state index is 13.1. The highest BCUT2D eigenvalue weighted by molar-refractivity contribution is 7.99. The van der Waals surface area contributed by atoms with Crippen LogP contribution in [0.1, 0.15) is 0 Å². The summed E-state index contributed by atoms with van der Waals surface area (Å²) in [6, 6.07) is 12.4. The Kier molecular flexibility index (Phi) is 4.80. The first kappa shape index (κ1) is 16.1. The molecular formula is C15H11F2N5OS. The Morgan fingerprint density at radius 3 is 2.67 bits per heavy atom. The number of carbonyl (C=O) groups excluding carboxylic acids is 1. The maximum absolute atomic E-state index is 13.1. The van der Waals surface area contributed by atoms with E-state index in [9.17, 15) is 13.6 Å². The van der Waals surface area contributed by atoms with Crippen LogP contribution in [-0.2, 0) is 4.79 Å². The molecule has 0 radical (unpaired) electrons. The maximum Gasteiger partial charge on any atom is 0.234 e. The van der Waals surface area contributed by atoms with Gasteiger partial charge in [0.2, 0.25) is 11.1 Å². The Bertz CT molecular complexity index is 856. The normalized spacial score (nSPS) is 10.6. The van der Waals surface area contributed by atoms with Crippen molar-refractivity contribution in [2.45, 2.75) is 5.16 Å². The second-order valence-electron chi connectivity index (χ2n) is 4.67. The summed E-state index contributed by atoms with van der Waals surface area (Å²) < 4.78 is 27.5. The van der Waals surface area contributed by atoms with Crippen molar-refractivity contribution in [3.63, 3.8) is 0 Å².